The molecule has 0 bridgehead atoms. The number of phenols is 1. The van der Waals surface area contributed by atoms with Crippen LogP contribution in [-0.2, 0) is 17.4 Å². The molecule has 0 saturated heterocycles. The minimum absolute atomic E-state index is 0.0333. The topological polar surface area (TPSA) is 133 Å². The number of hydrogen-bond acceptors (Lipinski definition) is 8. The third kappa shape index (κ3) is 5.74. The van der Waals surface area contributed by atoms with Crippen molar-refractivity contribution in [2.75, 3.05) is 25.7 Å². The minimum atomic E-state index is -1.28. The molecule has 2 aromatic carbocycles. The largest absolute Gasteiger partial charge is 0.507 e. The minimum Gasteiger partial charge on any atom is -0.507 e. The summed E-state index contributed by atoms with van der Waals surface area (Å²) in [6.07, 6.45) is 1.48. The molecule has 3 aromatic rings. The van der Waals surface area contributed by atoms with Crippen LogP contribution in [0.4, 0.5) is 5.13 Å². The Morgan fingerprint density at radius 2 is 2.00 bits per heavy atom. The molecule has 0 aliphatic carbocycles. The van der Waals surface area contributed by atoms with E-state index in [1.54, 1.807) is 37.7 Å². The molecule has 0 saturated carbocycles. The van der Waals surface area contributed by atoms with Crippen LogP contribution in [0, 0.1) is 11.3 Å². The fourth-order valence-corrected chi connectivity index (χ4v) is 4.32. The van der Waals surface area contributed by atoms with Crippen LogP contribution in [0.5, 0.6) is 11.5 Å². The van der Waals surface area contributed by atoms with Gasteiger partial charge in [-0.2, -0.15) is 5.26 Å². The van der Waals surface area contributed by atoms with E-state index in [1.807, 2.05) is 6.07 Å². The van der Waals surface area contributed by atoms with Crippen molar-refractivity contribution in [2.24, 2.45) is 0 Å². The number of nitriles is 1. The van der Waals surface area contributed by atoms with Gasteiger partial charge in [0, 0.05) is 36.9 Å². The first-order valence-corrected chi connectivity index (χ1v) is 11.9. The number of aromatic hydroxyl groups is 1. The van der Waals surface area contributed by atoms with Gasteiger partial charge in [0.05, 0.1) is 28.0 Å². The van der Waals surface area contributed by atoms with E-state index >= 15 is 0 Å². The van der Waals surface area contributed by atoms with Gasteiger partial charge >= 0.3 is 0 Å². The van der Waals surface area contributed by atoms with E-state index in [9.17, 15) is 24.2 Å². The normalized spacial score (nSPS) is 11.3. The summed E-state index contributed by atoms with van der Waals surface area (Å²) in [4.78, 5) is 30.6. The van der Waals surface area contributed by atoms with Gasteiger partial charge in [-0.25, -0.2) is 4.98 Å². The number of phenolic OH excluding ortho intramolecular Hbond substituents is 1. The Balaban J connectivity index is 1.80. The summed E-state index contributed by atoms with van der Waals surface area (Å²) in [7, 11) is 1.97. The van der Waals surface area contributed by atoms with Crippen molar-refractivity contribution in [1.29, 1.82) is 5.26 Å². The number of nitrogens with zero attached hydrogens (tertiary/aromatic N) is 3. The van der Waals surface area contributed by atoms with E-state index in [-0.39, 0.29) is 34.7 Å². The summed E-state index contributed by atoms with van der Waals surface area (Å²) >= 11 is 1.12. The Morgan fingerprint density at radius 3 is 2.64 bits per heavy atom. The lowest BCUT2D eigenvalue weighted by atomic mass is 10.0. The molecule has 1 atom stereocenters. The Hall–Kier alpha value is -3.75. The smallest absolute Gasteiger partial charge is 0.261 e. The van der Waals surface area contributed by atoms with Crippen molar-refractivity contribution >= 4 is 39.1 Å². The molecule has 0 aliphatic rings. The third-order valence-corrected chi connectivity index (χ3v) is 6.18. The summed E-state index contributed by atoms with van der Waals surface area (Å²) in [6, 6.07) is 10.9. The van der Waals surface area contributed by atoms with Crippen molar-refractivity contribution in [3.63, 3.8) is 0 Å². The van der Waals surface area contributed by atoms with Gasteiger partial charge in [0.1, 0.15) is 23.1 Å². The van der Waals surface area contributed by atoms with Crippen molar-refractivity contribution in [3.8, 4) is 17.6 Å². The van der Waals surface area contributed by atoms with Crippen molar-refractivity contribution in [1.82, 2.24) is 9.88 Å². The van der Waals surface area contributed by atoms with Gasteiger partial charge in [0.2, 0.25) is 0 Å². The van der Waals surface area contributed by atoms with Gasteiger partial charge in [-0.15, -0.1) is 11.3 Å². The summed E-state index contributed by atoms with van der Waals surface area (Å²) in [6.45, 7) is -0.0333. The number of carbonyl (C=O) groups excluding carboxylic acids is 2. The van der Waals surface area contributed by atoms with Gasteiger partial charge in [-0.05, 0) is 36.4 Å². The van der Waals surface area contributed by atoms with Gasteiger partial charge in [0.25, 0.3) is 11.8 Å². The molecule has 1 unspecified atom stereocenters. The molecule has 1 heterocycles. The van der Waals surface area contributed by atoms with Gasteiger partial charge in [0.15, 0.2) is 5.13 Å². The molecule has 3 rings (SSSR count). The second kappa shape index (κ2) is 10.2. The van der Waals surface area contributed by atoms with Gasteiger partial charge in [-0.3, -0.25) is 19.1 Å². The zero-order valence-corrected chi connectivity index (χ0v) is 19.6. The first-order chi connectivity index (χ1) is 15.7. The SMILES string of the molecule is CN(C)C(=O)c1ccc(C#N)cc1COc1ccc(O)c(C(=O)Nc2nc(S(C)=O)cs2)c1. The highest BCUT2D eigenvalue weighted by molar-refractivity contribution is 7.84. The van der Waals surface area contributed by atoms with Crippen LogP contribution in [0.1, 0.15) is 31.8 Å². The highest BCUT2D eigenvalue weighted by Crippen LogP contribution is 2.26. The lowest BCUT2D eigenvalue weighted by molar-refractivity contribution is 0.0824. The molecule has 170 valence electrons. The lowest BCUT2D eigenvalue weighted by Gasteiger charge is -2.15. The summed E-state index contributed by atoms with van der Waals surface area (Å²) in [5, 5.41) is 24.1. The number of anilines is 1. The maximum atomic E-state index is 12.6. The number of hydrogen-bond donors (Lipinski definition) is 2. The Kier molecular flexibility index (Phi) is 7.42. The number of amides is 2. The molecule has 9 nitrogen and oxygen atoms in total. The van der Waals surface area contributed by atoms with Gasteiger partial charge < -0.3 is 14.7 Å². The number of nitrogens with one attached hydrogen (secondary N) is 1. The fourth-order valence-electron chi connectivity index (χ4n) is 2.79. The Labute approximate surface area is 196 Å². The second-order valence-corrected chi connectivity index (χ2v) is 9.23. The molecular weight excluding hydrogens is 464 g/mol. The maximum Gasteiger partial charge on any atom is 0.261 e. The molecule has 0 spiro atoms. The van der Waals surface area contributed by atoms with Crippen LogP contribution >= 0.6 is 11.3 Å². The van der Waals surface area contributed by atoms with E-state index in [0.29, 0.717) is 21.7 Å². The quantitative estimate of drug-likeness (QED) is 0.527. The Bertz CT molecular complexity index is 1280. The number of carbonyl (C=O) groups is 2. The first-order valence-electron chi connectivity index (χ1n) is 9.50. The number of benzene rings is 2. The molecular formula is C22H20N4O5S2. The molecule has 1 aromatic heterocycles. The van der Waals surface area contributed by atoms with Crippen LogP contribution in [-0.4, -0.2) is 51.4 Å². The average molecular weight is 485 g/mol. The van der Waals surface area contributed by atoms with Gasteiger partial charge in [-0.1, -0.05) is 0 Å². The number of thiazole rings is 1. The molecule has 2 N–H and O–H groups in total. The van der Waals surface area contributed by atoms with Crippen LogP contribution < -0.4 is 10.1 Å². The van der Waals surface area contributed by atoms with Crippen molar-refractivity contribution < 1.29 is 23.6 Å². The third-order valence-electron chi connectivity index (χ3n) is 4.48. The van der Waals surface area contributed by atoms with E-state index in [0.717, 1.165) is 11.3 Å². The Morgan fingerprint density at radius 1 is 1.24 bits per heavy atom. The molecule has 0 aliphatic heterocycles. The molecule has 11 heteroatoms. The fraction of sp³-hybridized carbons (Fsp3) is 0.182. The van der Waals surface area contributed by atoms with Crippen molar-refractivity contribution in [2.45, 2.75) is 11.6 Å². The summed E-state index contributed by atoms with van der Waals surface area (Å²) in [5.41, 5.74) is 1.24. The van der Waals surface area contributed by atoms with E-state index < -0.39 is 16.7 Å². The number of rotatable bonds is 7. The molecule has 33 heavy (non-hydrogen) atoms. The van der Waals surface area contributed by atoms with E-state index in [4.69, 9.17) is 4.74 Å². The van der Waals surface area contributed by atoms with Crippen LogP contribution in [0.25, 0.3) is 0 Å². The lowest BCUT2D eigenvalue weighted by Crippen LogP contribution is -2.23. The first kappa shape index (κ1) is 23.9. The molecule has 2 amide bonds. The molecule has 0 radical (unpaired) electrons. The van der Waals surface area contributed by atoms with Crippen molar-refractivity contribution in [3.05, 3.63) is 64.0 Å². The second-order valence-electron chi connectivity index (χ2n) is 7.05. The number of ether oxygens (including phenoxy) is 1. The average Bonchev–Trinajstić information content (AvgIpc) is 3.26. The van der Waals surface area contributed by atoms with Crippen LogP contribution in [0.2, 0.25) is 0 Å². The maximum absolute atomic E-state index is 12.6. The molecule has 0 fully saturated rings. The zero-order valence-electron chi connectivity index (χ0n) is 18.0. The predicted molar refractivity (Wildman–Crippen MR) is 124 cm³/mol. The number of aromatic nitrogens is 1. The summed E-state index contributed by atoms with van der Waals surface area (Å²) in [5.74, 6) is -0.834. The van der Waals surface area contributed by atoms with Crippen LogP contribution in [0.3, 0.4) is 0 Å². The monoisotopic (exact) mass is 484 g/mol. The van der Waals surface area contributed by atoms with Crippen LogP contribution in [0.15, 0.2) is 46.8 Å². The highest BCUT2D eigenvalue weighted by atomic mass is 32.2. The standard InChI is InChI=1S/C22H20N4O5S2/c1-26(2)21(29)16-6-4-13(10-23)8-14(16)11-31-15-5-7-18(27)17(9-15)20(28)25-22-24-19(12-32-22)33(3)30/h4-9,12,27H,11H2,1-3H3,(H,24,25,28). The zero-order chi connectivity index (χ0) is 24.1. The van der Waals surface area contributed by atoms with E-state index in [2.05, 4.69) is 10.3 Å². The summed E-state index contributed by atoms with van der Waals surface area (Å²) < 4.78 is 17.3. The highest BCUT2D eigenvalue weighted by Gasteiger charge is 2.17. The predicted octanol–water partition coefficient (Wildman–Crippen LogP) is 2.99. The van der Waals surface area contributed by atoms with E-state index in [1.165, 1.54) is 29.4 Å².